The van der Waals surface area contributed by atoms with Crippen LogP contribution in [0, 0.1) is 0 Å². The summed E-state index contributed by atoms with van der Waals surface area (Å²) in [6, 6.07) is 31.8. The molecule has 2 amide bonds. The van der Waals surface area contributed by atoms with Crippen LogP contribution in [0.15, 0.2) is 103 Å². The van der Waals surface area contributed by atoms with E-state index in [1.165, 1.54) is 0 Å². The monoisotopic (exact) mass is 570 g/mol. The largest absolute Gasteiger partial charge is 0.493 e. The van der Waals surface area contributed by atoms with Gasteiger partial charge in [-0.2, -0.15) is 0 Å². The first kappa shape index (κ1) is 29.7. The number of amides is 2. The summed E-state index contributed by atoms with van der Waals surface area (Å²) in [5.41, 5.74) is 3.74. The molecule has 0 fully saturated rings. The Labute approximate surface area is 246 Å². The van der Waals surface area contributed by atoms with Crippen molar-refractivity contribution >= 4 is 23.4 Å². The topological polar surface area (TPSA) is 67.9 Å². The van der Waals surface area contributed by atoms with E-state index in [0.717, 1.165) is 22.3 Å². The van der Waals surface area contributed by atoms with Crippen molar-refractivity contribution in [1.29, 1.82) is 0 Å². The van der Waals surface area contributed by atoms with Gasteiger partial charge in [-0.15, -0.1) is 0 Å². The Morgan fingerprint density at radius 1 is 0.756 bits per heavy atom. The minimum atomic E-state index is -0.725. The fourth-order valence-electron chi connectivity index (χ4n) is 4.70. The van der Waals surface area contributed by atoms with Crippen LogP contribution < -0.4 is 14.8 Å². The smallest absolute Gasteiger partial charge is 0.243 e. The number of carbonyl (C=O) groups excluding carboxylic acids is 2. The summed E-state index contributed by atoms with van der Waals surface area (Å²) in [6.45, 7) is 0.722. The van der Waals surface area contributed by atoms with Gasteiger partial charge in [0.15, 0.2) is 11.5 Å². The highest BCUT2D eigenvalue weighted by molar-refractivity contribution is 6.30. The van der Waals surface area contributed by atoms with Crippen LogP contribution in [0.25, 0.3) is 0 Å². The van der Waals surface area contributed by atoms with Crippen LogP contribution in [-0.2, 0) is 35.4 Å². The summed E-state index contributed by atoms with van der Waals surface area (Å²) < 4.78 is 10.8. The van der Waals surface area contributed by atoms with Crippen LogP contribution in [0.4, 0.5) is 0 Å². The first-order valence-corrected chi connectivity index (χ1v) is 13.9. The molecule has 0 bridgehead atoms. The molecule has 0 aromatic heterocycles. The molecule has 4 aromatic carbocycles. The van der Waals surface area contributed by atoms with Gasteiger partial charge in [0, 0.05) is 24.5 Å². The second-order valence-electron chi connectivity index (χ2n) is 9.75. The molecule has 0 aliphatic heterocycles. The number of benzene rings is 4. The number of nitrogens with zero attached hydrogens (tertiary/aromatic N) is 1. The van der Waals surface area contributed by atoms with Gasteiger partial charge in [-0.05, 0) is 52.9 Å². The van der Waals surface area contributed by atoms with Crippen LogP contribution in [0.3, 0.4) is 0 Å². The van der Waals surface area contributed by atoms with E-state index in [1.807, 2.05) is 78.9 Å². The Morgan fingerprint density at radius 2 is 1.37 bits per heavy atom. The highest BCUT2D eigenvalue weighted by atomic mass is 35.5. The molecular weight excluding hydrogens is 536 g/mol. The molecule has 4 rings (SSSR count). The van der Waals surface area contributed by atoms with Crippen LogP contribution in [0.5, 0.6) is 11.5 Å². The van der Waals surface area contributed by atoms with E-state index in [2.05, 4.69) is 5.32 Å². The van der Waals surface area contributed by atoms with Crippen molar-refractivity contribution < 1.29 is 19.1 Å². The van der Waals surface area contributed by atoms with Gasteiger partial charge in [0.25, 0.3) is 0 Å². The van der Waals surface area contributed by atoms with E-state index in [4.69, 9.17) is 21.1 Å². The molecule has 0 aliphatic rings. The highest BCUT2D eigenvalue weighted by Gasteiger charge is 2.30. The molecule has 6 nitrogen and oxygen atoms in total. The minimum Gasteiger partial charge on any atom is -0.493 e. The molecule has 1 N–H and O–H groups in total. The molecule has 0 unspecified atom stereocenters. The van der Waals surface area contributed by atoms with Crippen molar-refractivity contribution in [2.24, 2.45) is 0 Å². The standard InChI is InChI=1S/C34H35ClN2O4/c1-40-31-18-15-28(22-32(31)41-2)23-33(38)37(24-27-13-16-29(35)17-14-27)30(21-26-11-7-4-8-12-26)34(39)36-20-19-25-9-5-3-6-10-25/h3-18,22,30H,19-21,23-24H2,1-2H3,(H,36,39)/t30-/m1/s1. The number of hydrogen-bond donors (Lipinski definition) is 1. The zero-order valence-corrected chi connectivity index (χ0v) is 24.1. The molecule has 0 radical (unpaired) electrons. The summed E-state index contributed by atoms with van der Waals surface area (Å²) in [5.74, 6) is 0.758. The van der Waals surface area contributed by atoms with Crippen molar-refractivity contribution in [2.45, 2.75) is 31.8 Å². The fourth-order valence-corrected chi connectivity index (χ4v) is 4.83. The second kappa shape index (κ2) is 14.9. The van der Waals surface area contributed by atoms with Gasteiger partial charge in [-0.3, -0.25) is 9.59 Å². The quantitative estimate of drug-likeness (QED) is 0.217. The molecule has 0 spiro atoms. The van der Waals surface area contributed by atoms with Crippen molar-refractivity contribution in [3.05, 3.63) is 130 Å². The molecule has 0 saturated heterocycles. The van der Waals surface area contributed by atoms with Crippen molar-refractivity contribution in [2.75, 3.05) is 20.8 Å². The van der Waals surface area contributed by atoms with E-state index in [9.17, 15) is 9.59 Å². The number of rotatable bonds is 13. The third-order valence-electron chi connectivity index (χ3n) is 6.90. The molecule has 0 aliphatic carbocycles. The second-order valence-corrected chi connectivity index (χ2v) is 10.2. The zero-order valence-electron chi connectivity index (χ0n) is 23.4. The van der Waals surface area contributed by atoms with E-state index in [1.54, 1.807) is 43.4 Å². The Kier molecular flexibility index (Phi) is 10.8. The average molecular weight is 571 g/mol. The first-order chi connectivity index (χ1) is 20.0. The fraction of sp³-hybridized carbons (Fsp3) is 0.235. The van der Waals surface area contributed by atoms with Crippen LogP contribution in [0.1, 0.15) is 22.3 Å². The summed E-state index contributed by atoms with van der Waals surface area (Å²) >= 11 is 6.13. The number of ether oxygens (including phenoxy) is 2. The van der Waals surface area contributed by atoms with E-state index < -0.39 is 6.04 Å². The van der Waals surface area contributed by atoms with Crippen molar-refractivity contribution in [3.63, 3.8) is 0 Å². The lowest BCUT2D eigenvalue weighted by molar-refractivity contribution is -0.140. The van der Waals surface area contributed by atoms with Gasteiger partial charge in [0.1, 0.15) is 6.04 Å². The number of methoxy groups -OCH3 is 2. The van der Waals surface area contributed by atoms with Crippen molar-refractivity contribution in [3.8, 4) is 11.5 Å². The van der Waals surface area contributed by atoms with Gasteiger partial charge in [0.2, 0.25) is 11.8 Å². The van der Waals surface area contributed by atoms with Crippen LogP contribution in [-0.4, -0.2) is 43.5 Å². The van der Waals surface area contributed by atoms with Gasteiger partial charge >= 0.3 is 0 Å². The molecule has 41 heavy (non-hydrogen) atoms. The third-order valence-corrected chi connectivity index (χ3v) is 7.15. The molecule has 1 atom stereocenters. The number of halogens is 1. The third kappa shape index (κ3) is 8.60. The van der Waals surface area contributed by atoms with Gasteiger partial charge < -0.3 is 19.7 Å². The Hall–Kier alpha value is -4.29. The molecular formula is C34H35ClN2O4. The van der Waals surface area contributed by atoms with Crippen molar-refractivity contribution in [1.82, 2.24) is 10.2 Å². The summed E-state index contributed by atoms with van der Waals surface area (Å²) in [7, 11) is 3.13. The number of carbonyl (C=O) groups is 2. The minimum absolute atomic E-state index is 0.0938. The summed E-state index contributed by atoms with van der Waals surface area (Å²) in [5, 5.41) is 3.70. The average Bonchev–Trinajstić information content (AvgIpc) is 3.00. The molecule has 7 heteroatoms. The van der Waals surface area contributed by atoms with Gasteiger partial charge in [-0.25, -0.2) is 0 Å². The molecule has 0 heterocycles. The van der Waals surface area contributed by atoms with E-state index in [0.29, 0.717) is 35.9 Å². The highest BCUT2D eigenvalue weighted by Crippen LogP contribution is 2.28. The lowest BCUT2D eigenvalue weighted by atomic mass is 10.0. The SMILES string of the molecule is COc1ccc(CC(=O)N(Cc2ccc(Cl)cc2)[C@H](Cc2ccccc2)C(=O)NCCc2ccccc2)cc1OC. The maximum Gasteiger partial charge on any atom is 0.243 e. The zero-order chi connectivity index (χ0) is 29.0. The summed E-state index contributed by atoms with van der Waals surface area (Å²) in [6.07, 6.45) is 1.17. The molecule has 4 aromatic rings. The van der Waals surface area contributed by atoms with E-state index >= 15 is 0 Å². The number of hydrogen-bond acceptors (Lipinski definition) is 4. The molecule has 212 valence electrons. The maximum atomic E-state index is 14.0. The van der Waals surface area contributed by atoms with E-state index in [-0.39, 0.29) is 24.8 Å². The Morgan fingerprint density at radius 3 is 2.00 bits per heavy atom. The Balaban J connectivity index is 1.62. The normalized spacial score (nSPS) is 11.4. The van der Waals surface area contributed by atoms with Gasteiger partial charge in [0.05, 0.1) is 20.6 Å². The first-order valence-electron chi connectivity index (χ1n) is 13.6. The lowest BCUT2D eigenvalue weighted by Crippen LogP contribution is -2.51. The maximum absolute atomic E-state index is 14.0. The predicted octanol–water partition coefficient (Wildman–Crippen LogP) is 5.90. The summed E-state index contributed by atoms with van der Waals surface area (Å²) in [4.78, 5) is 29.5. The van der Waals surface area contributed by atoms with Gasteiger partial charge in [-0.1, -0.05) is 90.5 Å². The lowest BCUT2D eigenvalue weighted by Gasteiger charge is -2.32. The Bertz CT molecular complexity index is 1410. The number of nitrogens with one attached hydrogen (secondary N) is 1. The molecule has 0 saturated carbocycles. The predicted molar refractivity (Wildman–Crippen MR) is 162 cm³/mol. The van der Waals surface area contributed by atoms with Crippen LogP contribution in [0.2, 0.25) is 5.02 Å². The van der Waals surface area contributed by atoms with Crippen LogP contribution >= 0.6 is 11.6 Å².